The third-order valence-electron chi connectivity index (χ3n) is 3.31. The Morgan fingerprint density at radius 2 is 1.90 bits per heavy atom. The van der Waals surface area contributed by atoms with Crippen LogP contribution in [-0.4, -0.2) is 19.3 Å². The molecule has 0 radical (unpaired) electrons. The minimum absolute atomic E-state index is 0.102. The van der Waals surface area contributed by atoms with Gasteiger partial charge in [-0.1, -0.05) is 25.1 Å². The number of nitrogens with zero attached hydrogens (tertiary/aromatic N) is 1. The minimum atomic E-state index is -3.47. The van der Waals surface area contributed by atoms with Crippen LogP contribution in [0.4, 0.5) is 0 Å². The van der Waals surface area contributed by atoms with E-state index in [4.69, 9.17) is 5.73 Å². The van der Waals surface area contributed by atoms with Crippen molar-refractivity contribution in [2.45, 2.75) is 31.3 Å². The summed E-state index contributed by atoms with van der Waals surface area (Å²) in [5, 5.41) is 1.95. The Morgan fingerprint density at radius 3 is 2.38 bits per heavy atom. The molecule has 21 heavy (non-hydrogen) atoms. The highest BCUT2D eigenvalue weighted by atomic mass is 32.2. The van der Waals surface area contributed by atoms with Crippen molar-refractivity contribution in [1.82, 2.24) is 4.31 Å². The molecule has 2 N–H and O–H groups in total. The van der Waals surface area contributed by atoms with Crippen LogP contribution in [0.25, 0.3) is 0 Å². The number of hydrogen-bond acceptors (Lipinski definition) is 4. The molecule has 4 nitrogen and oxygen atoms in total. The van der Waals surface area contributed by atoms with Gasteiger partial charge in [-0.05, 0) is 36.1 Å². The standard InChI is InChI=1S/C15H20N2O2S2/c1-3-17(11-14-5-4-10-20-14)21(18,19)15-8-6-13(7-9-15)12(2)16/h4-10,12H,3,11,16H2,1-2H3. The van der Waals surface area contributed by atoms with E-state index in [9.17, 15) is 8.42 Å². The maximum absolute atomic E-state index is 12.7. The van der Waals surface area contributed by atoms with E-state index >= 15 is 0 Å². The number of benzene rings is 1. The van der Waals surface area contributed by atoms with Crippen molar-refractivity contribution in [3.63, 3.8) is 0 Å². The molecular formula is C15H20N2O2S2. The Balaban J connectivity index is 2.26. The fourth-order valence-electron chi connectivity index (χ4n) is 2.04. The number of sulfonamides is 1. The molecule has 1 unspecified atom stereocenters. The van der Waals surface area contributed by atoms with Crippen molar-refractivity contribution in [1.29, 1.82) is 0 Å². The average molecular weight is 324 g/mol. The Bertz CT molecular complexity index is 662. The summed E-state index contributed by atoms with van der Waals surface area (Å²) in [4.78, 5) is 1.35. The van der Waals surface area contributed by atoms with E-state index in [1.165, 1.54) is 4.31 Å². The summed E-state index contributed by atoms with van der Waals surface area (Å²) in [5.74, 6) is 0. The highest BCUT2D eigenvalue weighted by Crippen LogP contribution is 2.21. The van der Waals surface area contributed by atoms with Crippen LogP contribution in [-0.2, 0) is 16.6 Å². The molecule has 0 fully saturated rings. The van der Waals surface area contributed by atoms with Gasteiger partial charge in [-0.3, -0.25) is 0 Å². The van der Waals surface area contributed by atoms with Gasteiger partial charge in [-0.25, -0.2) is 8.42 Å². The highest BCUT2D eigenvalue weighted by molar-refractivity contribution is 7.89. The second kappa shape index (κ2) is 6.70. The molecular weight excluding hydrogens is 304 g/mol. The molecule has 1 atom stereocenters. The van der Waals surface area contributed by atoms with Crippen LogP contribution in [0.3, 0.4) is 0 Å². The summed E-state index contributed by atoms with van der Waals surface area (Å²) in [7, 11) is -3.47. The zero-order chi connectivity index (χ0) is 15.5. The van der Waals surface area contributed by atoms with Crippen LogP contribution in [0.5, 0.6) is 0 Å². The molecule has 0 aliphatic carbocycles. The van der Waals surface area contributed by atoms with E-state index in [0.717, 1.165) is 10.4 Å². The SMILES string of the molecule is CCN(Cc1cccs1)S(=O)(=O)c1ccc(C(C)N)cc1. The monoisotopic (exact) mass is 324 g/mol. The first-order valence-electron chi connectivity index (χ1n) is 6.83. The Labute approximate surface area is 130 Å². The first-order valence-corrected chi connectivity index (χ1v) is 9.15. The maximum atomic E-state index is 12.7. The predicted octanol–water partition coefficient (Wildman–Crippen LogP) is 2.98. The van der Waals surface area contributed by atoms with E-state index in [1.807, 2.05) is 31.4 Å². The first-order chi connectivity index (χ1) is 9.95. The molecule has 0 aliphatic rings. The molecule has 0 bridgehead atoms. The van der Waals surface area contributed by atoms with Gasteiger partial charge in [0, 0.05) is 24.0 Å². The van der Waals surface area contributed by atoms with Crippen LogP contribution in [0.1, 0.15) is 30.3 Å². The van der Waals surface area contributed by atoms with Gasteiger partial charge in [-0.15, -0.1) is 11.3 Å². The van der Waals surface area contributed by atoms with Crippen molar-refractivity contribution < 1.29 is 8.42 Å². The van der Waals surface area contributed by atoms with E-state index in [1.54, 1.807) is 35.6 Å². The number of hydrogen-bond donors (Lipinski definition) is 1. The number of thiophene rings is 1. The Kier molecular flexibility index (Phi) is 5.16. The van der Waals surface area contributed by atoms with E-state index in [0.29, 0.717) is 18.0 Å². The van der Waals surface area contributed by atoms with Gasteiger partial charge in [0.2, 0.25) is 10.0 Å². The van der Waals surface area contributed by atoms with Gasteiger partial charge in [0.1, 0.15) is 0 Å². The summed E-state index contributed by atoms with van der Waals surface area (Å²) in [6, 6.07) is 10.6. The lowest BCUT2D eigenvalue weighted by atomic mass is 10.1. The topological polar surface area (TPSA) is 63.4 Å². The van der Waals surface area contributed by atoms with Crippen LogP contribution >= 0.6 is 11.3 Å². The second-order valence-electron chi connectivity index (χ2n) is 4.87. The molecule has 6 heteroatoms. The number of nitrogens with two attached hydrogens (primary N) is 1. The van der Waals surface area contributed by atoms with Crippen molar-refractivity contribution in [3.8, 4) is 0 Å². The van der Waals surface area contributed by atoms with Crippen LogP contribution < -0.4 is 5.73 Å². The van der Waals surface area contributed by atoms with E-state index < -0.39 is 10.0 Å². The molecule has 1 aromatic heterocycles. The second-order valence-corrected chi connectivity index (χ2v) is 7.84. The zero-order valence-corrected chi connectivity index (χ0v) is 13.8. The van der Waals surface area contributed by atoms with Crippen molar-refractivity contribution in [2.24, 2.45) is 5.73 Å². The Hall–Kier alpha value is -1.21. The fraction of sp³-hybridized carbons (Fsp3) is 0.333. The summed E-state index contributed by atoms with van der Waals surface area (Å²) in [6.07, 6.45) is 0. The van der Waals surface area contributed by atoms with Crippen LogP contribution in [0, 0.1) is 0 Å². The smallest absolute Gasteiger partial charge is 0.243 e. The third-order valence-corrected chi connectivity index (χ3v) is 6.10. The van der Waals surface area contributed by atoms with Gasteiger partial charge in [-0.2, -0.15) is 4.31 Å². The first kappa shape index (κ1) is 16.2. The minimum Gasteiger partial charge on any atom is -0.324 e. The molecule has 0 saturated heterocycles. The van der Waals surface area contributed by atoms with Gasteiger partial charge in [0.15, 0.2) is 0 Å². The van der Waals surface area contributed by atoms with Gasteiger partial charge in [0.25, 0.3) is 0 Å². The Morgan fingerprint density at radius 1 is 1.24 bits per heavy atom. The molecule has 0 saturated carbocycles. The molecule has 2 rings (SSSR count). The lowest BCUT2D eigenvalue weighted by Gasteiger charge is -2.20. The quantitative estimate of drug-likeness (QED) is 0.888. The van der Waals surface area contributed by atoms with E-state index in [-0.39, 0.29) is 6.04 Å². The van der Waals surface area contributed by atoms with Crippen LogP contribution in [0.15, 0.2) is 46.7 Å². The van der Waals surface area contributed by atoms with Crippen molar-refractivity contribution >= 4 is 21.4 Å². The summed E-state index contributed by atoms with van der Waals surface area (Å²) in [5.41, 5.74) is 6.72. The lowest BCUT2D eigenvalue weighted by Crippen LogP contribution is -2.30. The van der Waals surface area contributed by atoms with Crippen LogP contribution in [0.2, 0.25) is 0 Å². The maximum Gasteiger partial charge on any atom is 0.243 e. The fourth-order valence-corrected chi connectivity index (χ4v) is 4.26. The average Bonchev–Trinajstić information content (AvgIpc) is 2.97. The summed E-state index contributed by atoms with van der Waals surface area (Å²) in [6.45, 7) is 4.57. The largest absolute Gasteiger partial charge is 0.324 e. The van der Waals surface area contributed by atoms with Gasteiger partial charge in [0.05, 0.1) is 4.90 Å². The predicted molar refractivity (Wildman–Crippen MR) is 86.6 cm³/mol. The number of rotatable bonds is 6. The van der Waals surface area contributed by atoms with Crippen molar-refractivity contribution in [2.75, 3.05) is 6.54 Å². The van der Waals surface area contributed by atoms with Gasteiger partial charge >= 0.3 is 0 Å². The normalized spacial score (nSPS) is 13.5. The molecule has 2 aromatic rings. The van der Waals surface area contributed by atoms with Crippen molar-refractivity contribution in [3.05, 3.63) is 52.2 Å². The zero-order valence-electron chi connectivity index (χ0n) is 12.2. The van der Waals surface area contributed by atoms with Gasteiger partial charge < -0.3 is 5.73 Å². The molecule has 114 valence electrons. The third kappa shape index (κ3) is 3.71. The molecule has 1 heterocycles. The summed E-state index contributed by atoms with van der Waals surface area (Å²) < 4.78 is 26.8. The molecule has 0 spiro atoms. The highest BCUT2D eigenvalue weighted by Gasteiger charge is 2.23. The summed E-state index contributed by atoms with van der Waals surface area (Å²) >= 11 is 1.56. The molecule has 1 aromatic carbocycles. The van der Waals surface area contributed by atoms with E-state index in [2.05, 4.69) is 0 Å². The lowest BCUT2D eigenvalue weighted by molar-refractivity contribution is 0.426. The molecule has 0 amide bonds. The molecule has 0 aliphatic heterocycles.